The molecule has 0 saturated heterocycles. The highest BCUT2D eigenvalue weighted by molar-refractivity contribution is 7.15. The Morgan fingerprint density at radius 1 is 0.353 bits per heavy atom. The highest BCUT2D eigenvalue weighted by Crippen LogP contribution is 2.57. The lowest BCUT2D eigenvalue weighted by Gasteiger charge is -2.32. The van der Waals surface area contributed by atoms with Crippen molar-refractivity contribution in [1.29, 1.82) is 0 Å². The van der Waals surface area contributed by atoms with Crippen LogP contribution in [0.25, 0.3) is 32.7 Å². The molecule has 3 heterocycles. The molecule has 68 heavy (non-hydrogen) atoms. The summed E-state index contributed by atoms with van der Waals surface area (Å²) in [6, 6.07) is 62.4. The lowest BCUT2D eigenvalue weighted by molar-refractivity contribution is 0.661. The van der Waals surface area contributed by atoms with Crippen molar-refractivity contribution in [2.75, 3.05) is 14.7 Å². The van der Waals surface area contributed by atoms with E-state index in [-0.39, 0.29) is 5.41 Å². The van der Waals surface area contributed by atoms with Crippen LogP contribution in [0.1, 0.15) is 101 Å². The van der Waals surface area contributed by atoms with Crippen molar-refractivity contribution in [3.8, 4) is 11.1 Å². The summed E-state index contributed by atoms with van der Waals surface area (Å²) < 4.78 is 0. The predicted molar refractivity (Wildman–Crippen MR) is 299 cm³/mol. The molecule has 0 amide bonds. The van der Waals surface area contributed by atoms with Gasteiger partial charge >= 0.3 is 0 Å². The van der Waals surface area contributed by atoms with Crippen LogP contribution in [-0.4, -0.2) is 0 Å². The minimum atomic E-state index is -0.298. The van der Waals surface area contributed by atoms with Gasteiger partial charge in [0.05, 0.1) is 26.4 Å². The monoisotopic (exact) mass is 939 g/mol. The molecule has 0 unspecified atom stereocenters. The first kappa shape index (κ1) is 44.1. The minimum absolute atomic E-state index is 0.298. The first-order valence-corrected chi connectivity index (χ1v) is 26.6. The standard InChI is InChI=1S/C62H57N3S3/c1-39(2)42-19-25-45(26-20-42)63(57-16-11-33-66-57)48-31-32-49-52-37-53-54(38-56(52)62(7,8)55(49)36-48)61(65(59-18-13-35-68-59)47-29-23-44(24-30-47)41(5)6)51-15-10-9-14-50(51)60(53)64(58-17-12-34-67-58)46-27-21-43(22-28-46)40(3)4/h9-41H,1-8H3. The van der Waals surface area contributed by atoms with Crippen LogP contribution in [0.4, 0.5) is 49.1 Å². The molecule has 7 aromatic carbocycles. The zero-order valence-electron chi connectivity index (χ0n) is 40.1. The van der Waals surface area contributed by atoms with Crippen LogP contribution < -0.4 is 14.7 Å². The van der Waals surface area contributed by atoms with Crippen molar-refractivity contribution in [1.82, 2.24) is 0 Å². The highest BCUT2D eigenvalue weighted by Gasteiger charge is 2.38. The van der Waals surface area contributed by atoms with Gasteiger partial charge in [-0.15, -0.1) is 34.0 Å². The SMILES string of the molecule is CC(C)c1ccc(N(c2ccc3c(c2)C(C)(C)c2cc4c(N(c5ccc(C(C)C)cc5)c5cccs5)c5ccccc5c(N(c5ccc(C(C)C)cc5)c5cccs5)c4cc2-3)c2cccs2)cc1. The summed E-state index contributed by atoms with van der Waals surface area (Å²) in [4.78, 5) is 7.48. The Labute approximate surface area is 414 Å². The lowest BCUT2D eigenvalue weighted by Crippen LogP contribution is -2.17. The summed E-state index contributed by atoms with van der Waals surface area (Å²) in [6.45, 7) is 18.5. The van der Waals surface area contributed by atoms with E-state index in [0.717, 1.165) is 11.4 Å². The minimum Gasteiger partial charge on any atom is -0.302 e. The van der Waals surface area contributed by atoms with Gasteiger partial charge in [0, 0.05) is 49.7 Å². The van der Waals surface area contributed by atoms with Gasteiger partial charge in [-0.1, -0.05) is 122 Å². The Morgan fingerprint density at radius 3 is 1.15 bits per heavy atom. The number of thiophene rings is 3. The molecule has 0 radical (unpaired) electrons. The number of fused-ring (bicyclic) bond motifs is 5. The van der Waals surface area contributed by atoms with Gasteiger partial charge in [-0.05, 0) is 170 Å². The Kier molecular flexibility index (Phi) is 11.4. The molecule has 6 heteroatoms. The summed E-state index contributed by atoms with van der Waals surface area (Å²) in [5.74, 6) is 1.35. The Balaban J connectivity index is 1.20. The second-order valence-electron chi connectivity index (χ2n) is 19.6. The van der Waals surface area contributed by atoms with Gasteiger partial charge in [-0.3, -0.25) is 0 Å². The average Bonchev–Trinajstić information content (AvgIpc) is 4.21. The van der Waals surface area contributed by atoms with E-state index in [9.17, 15) is 0 Å². The zero-order chi connectivity index (χ0) is 46.8. The number of anilines is 9. The number of hydrogen-bond donors (Lipinski definition) is 0. The number of rotatable bonds is 12. The van der Waals surface area contributed by atoms with Crippen molar-refractivity contribution in [2.45, 2.75) is 78.6 Å². The fourth-order valence-electron chi connectivity index (χ4n) is 10.3. The van der Waals surface area contributed by atoms with Gasteiger partial charge in [0.2, 0.25) is 0 Å². The normalized spacial score (nSPS) is 12.9. The number of benzene rings is 7. The molecular formula is C62H57N3S3. The van der Waals surface area contributed by atoms with Gasteiger partial charge in [0.1, 0.15) is 0 Å². The summed E-state index contributed by atoms with van der Waals surface area (Å²) in [6.07, 6.45) is 0. The number of hydrogen-bond acceptors (Lipinski definition) is 6. The van der Waals surface area contributed by atoms with Crippen LogP contribution in [-0.2, 0) is 5.41 Å². The maximum absolute atomic E-state index is 2.56. The van der Waals surface area contributed by atoms with Gasteiger partial charge < -0.3 is 14.7 Å². The Hall–Kier alpha value is -6.44. The molecule has 0 N–H and O–H groups in total. The third-order valence-corrected chi connectivity index (χ3v) is 16.6. The highest BCUT2D eigenvalue weighted by atomic mass is 32.1. The molecule has 0 saturated carbocycles. The Morgan fingerprint density at radius 2 is 0.735 bits per heavy atom. The molecule has 0 bridgehead atoms. The van der Waals surface area contributed by atoms with Crippen molar-refractivity contribution in [3.05, 3.63) is 208 Å². The molecule has 1 aliphatic rings. The molecule has 338 valence electrons. The second kappa shape index (κ2) is 17.6. The molecule has 0 spiro atoms. The molecule has 0 atom stereocenters. The quantitative estimate of drug-likeness (QED) is 0.0893. The van der Waals surface area contributed by atoms with Gasteiger partial charge in [-0.2, -0.15) is 0 Å². The van der Waals surface area contributed by atoms with E-state index in [4.69, 9.17) is 0 Å². The van der Waals surface area contributed by atoms with Crippen molar-refractivity contribution >= 4 is 105 Å². The topological polar surface area (TPSA) is 9.72 Å². The molecular weight excluding hydrogens is 883 g/mol. The molecule has 0 fully saturated rings. The first-order valence-electron chi connectivity index (χ1n) is 24.0. The van der Waals surface area contributed by atoms with Crippen LogP contribution in [0.3, 0.4) is 0 Å². The summed E-state index contributed by atoms with van der Waals surface area (Å²) in [5.41, 5.74) is 16.0. The van der Waals surface area contributed by atoms with E-state index in [1.54, 1.807) is 34.0 Å². The second-order valence-corrected chi connectivity index (χ2v) is 22.4. The molecule has 10 aromatic rings. The van der Waals surface area contributed by atoms with Crippen LogP contribution in [0, 0.1) is 0 Å². The van der Waals surface area contributed by atoms with E-state index in [0.29, 0.717) is 17.8 Å². The van der Waals surface area contributed by atoms with Gasteiger partial charge in [-0.25, -0.2) is 0 Å². The molecule has 3 aromatic heterocycles. The third kappa shape index (κ3) is 7.54. The zero-order valence-corrected chi connectivity index (χ0v) is 42.6. The van der Waals surface area contributed by atoms with E-state index in [1.165, 1.54) is 98.2 Å². The lowest BCUT2D eigenvalue weighted by atomic mass is 9.81. The van der Waals surface area contributed by atoms with Crippen molar-refractivity contribution in [3.63, 3.8) is 0 Å². The van der Waals surface area contributed by atoms with Crippen LogP contribution in [0.2, 0.25) is 0 Å². The summed E-state index contributed by atoms with van der Waals surface area (Å²) >= 11 is 5.36. The Bertz CT molecular complexity index is 3380. The molecule has 3 nitrogen and oxygen atoms in total. The van der Waals surface area contributed by atoms with E-state index < -0.39 is 0 Å². The fourth-order valence-corrected chi connectivity index (χ4v) is 12.6. The average molecular weight is 940 g/mol. The van der Waals surface area contributed by atoms with Crippen LogP contribution in [0.5, 0.6) is 0 Å². The molecule has 0 aliphatic heterocycles. The maximum Gasteiger partial charge on any atom is 0.0999 e. The first-order chi connectivity index (χ1) is 33.0. The largest absolute Gasteiger partial charge is 0.302 e. The van der Waals surface area contributed by atoms with Gasteiger partial charge in [0.15, 0.2) is 0 Å². The fraction of sp³-hybridized carbons (Fsp3) is 0.194. The van der Waals surface area contributed by atoms with Gasteiger partial charge in [0.25, 0.3) is 0 Å². The van der Waals surface area contributed by atoms with E-state index >= 15 is 0 Å². The maximum atomic E-state index is 2.56. The van der Waals surface area contributed by atoms with Crippen molar-refractivity contribution < 1.29 is 0 Å². The van der Waals surface area contributed by atoms with E-state index in [1.807, 2.05) is 0 Å². The van der Waals surface area contributed by atoms with Crippen LogP contribution in [0.15, 0.2) is 180 Å². The smallest absolute Gasteiger partial charge is 0.0999 e. The third-order valence-electron chi connectivity index (χ3n) is 14.1. The summed E-state index contributed by atoms with van der Waals surface area (Å²) in [5, 5.41) is 15.0. The molecule has 1 aliphatic carbocycles. The predicted octanol–water partition coefficient (Wildman–Crippen LogP) is 20.3. The molecule has 11 rings (SSSR count). The summed E-state index contributed by atoms with van der Waals surface area (Å²) in [7, 11) is 0. The van der Waals surface area contributed by atoms with E-state index in [2.05, 4.69) is 250 Å². The van der Waals surface area contributed by atoms with Crippen LogP contribution >= 0.6 is 34.0 Å². The number of nitrogens with zero attached hydrogens (tertiary/aromatic N) is 3. The van der Waals surface area contributed by atoms with Crippen molar-refractivity contribution in [2.24, 2.45) is 0 Å².